The Hall–Kier alpha value is -0.760. The molecule has 8 heteroatoms. The van der Waals surface area contributed by atoms with Crippen LogP contribution in [0.5, 0.6) is 0 Å². The number of sulfone groups is 1. The highest BCUT2D eigenvalue weighted by atomic mass is 32.2. The molecule has 1 saturated heterocycles. The van der Waals surface area contributed by atoms with Crippen LogP contribution in [0, 0.1) is 5.92 Å². The number of thioether (sulfide) groups is 1. The van der Waals surface area contributed by atoms with E-state index in [4.69, 9.17) is 0 Å². The summed E-state index contributed by atoms with van der Waals surface area (Å²) >= 11 is 1.31. The van der Waals surface area contributed by atoms with E-state index in [9.17, 15) is 23.1 Å². The molecular weight excluding hydrogens is 338 g/mol. The van der Waals surface area contributed by atoms with E-state index in [2.05, 4.69) is 12.2 Å². The smallest absolute Gasteiger partial charge is 0.329 e. The van der Waals surface area contributed by atoms with Gasteiger partial charge in [-0.1, -0.05) is 13.3 Å². The summed E-state index contributed by atoms with van der Waals surface area (Å²) in [6.07, 6.45) is 4.18. The first kappa shape index (κ1) is 18.6. The van der Waals surface area contributed by atoms with Crippen molar-refractivity contribution in [2.45, 2.75) is 56.2 Å². The van der Waals surface area contributed by atoms with Gasteiger partial charge in [0.15, 0.2) is 9.84 Å². The summed E-state index contributed by atoms with van der Waals surface area (Å²) < 4.78 is 22.8. The summed E-state index contributed by atoms with van der Waals surface area (Å²) in [7, 11) is -2.95. The molecule has 1 amide bonds. The molecule has 2 fully saturated rings. The van der Waals surface area contributed by atoms with Crippen LogP contribution in [0.15, 0.2) is 0 Å². The fraction of sp³-hybridized carbons (Fsp3) is 0.867. The summed E-state index contributed by atoms with van der Waals surface area (Å²) in [5.74, 6) is -0.313. The van der Waals surface area contributed by atoms with Crippen molar-refractivity contribution in [2.75, 3.05) is 17.3 Å². The van der Waals surface area contributed by atoms with Crippen LogP contribution in [0.25, 0.3) is 0 Å². The predicted molar refractivity (Wildman–Crippen MR) is 90.3 cm³/mol. The number of hydrogen-bond donors (Lipinski definition) is 2. The normalized spacial score (nSPS) is 33.3. The van der Waals surface area contributed by atoms with Gasteiger partial charge in [0.25, 0.3) is 0 Å². The first-order valence-corrected chi connectivity index (χ1v) is 11.0. The third-order valence-corrected chi connectivity index (χ3v) is 8.25. The minimum absolute atomic E-state index is 0.0534. The lowest BCUT2D eigenvalue weighted by molar-refractivity contribution is -0.149. The van der Waals surface area contributed by atoms with E-state index in [1.54, 1.807) is 0 Å². The molecule has 1 atom stereocenters. The van der Waals surface area contributed by atoms with E-state index in [1.165, 1.54) is 11.8 Å². The highest BCUT2D eigenvalue weighted by molar-refractivity contribution is 8.02. The van der Waals surface area contributed by atoms with Gasteiger partial charge in [0.05, 0.1) is 17.3 Å². The topological polar surface area (TPSA) is 101 Å². The first-order chi connectivity index (χ1) is 10.8. The molecule has 0 radical (unpaired) electrons. The minimum atomic E-state index is -2.95. The Balaban J connectivity index is 1.86. The Labute approximate surface area is 141 Å². The summed E-state index contributed by atoms with van der Waals surface area (Å²) in [4.78, 5) is 23.8. The maximum Gasteiger partial charge on any atom is 0.329 e. The van der Waals surface area contributed by atoms with Crippen LogP contribution in [-0.2, 0) is 19.4 Å². The molecule has 2 aliphatic rings. The van der Waals surface area contributed by atoms with E-state index >= 15 is 0 Å². The van der Waals surface area contributed by atoms with Crippen LogP contribution in [-0.4, -0.2) is 53.4 Å². The highest BCUT2D eigenvalue weighted by Crippen LogP contribution is 2.34. The highest BCUT2D eigenvalue weighted by Gasteiger charge is 2.43. The van der Waals surface area contributed by atoms with Crippen molar-refractivity contribution >= 4 is 33.5 Å². The number of carboxylic acid groups (broad SMARTS) is 1. The molecule has 0 bridgehead atoms. The lowest BCUT2D eigenvalue weighted by Gasteiger charge is -2.37. The number of nitrogens with one attached hydrogen (secondary N) is 1. The second kappa shape index (κ2) is 7.42. The average molecular weight is 364 g/mol. The third kappa shape index (κ3) is 4.86. The number of carboxylic acids is 1. The van der Waals surface area contributed by atoms with Crippen molar-refractivity contribution in [3.8, 4) is 0 Å². The Kier molecular flexibility index (Phi) is 5.99. The number of carbonyl (C=O) groups excluding carboxylic acids is 1. The van der Waals surface area contributed by atoms with Crippen LogP contribution in [0.2, 0.25) is 0 Å². The van der Waals surface area contributed by atoms with Gasteiger partial charge in [-0.25, -0.2) is 13.2 Å². The zero-order valence-electron chi connectivity index (χ0n) is 13.4. The number of hydrogen-bond acceptors (Lipinski definition) is 5. The molecule has 0 aromatic rings. The summed E-state index contributed by atoms with van der Waals surface area (Å²) in [5, 5.41) is 12.2. The third-order valence-electron chi connectivity index (χ3n) is 4.96. The number of rotatable bonds is 6. The average Bonchev–Trinajstić information content (AvgIpc) is 2.85. The van der Waals surface area contributed by atoms with Crippen LogP contribution in [0.1, 0.15) is 45.4 Å². The molecule has 23 heavy (non-hydrogen) atoms. The van der Waals surface area contributed by atoms with Crippen LogP contribution in [0.3, 0.4) is 0 Å². The van der Waals surface area contributed by atoms with Crippen molar-refractivity contribution in [1.82, 2.24) is 5.32 Å². The quantitative estimate of drug-likeness (QED) is 0.741. The monoisotopic (exact) mass is 363 g/mol. The van der Waals surface area contributed by atoms with Crippen molar-refractivity contribution in [3.05, 3.63) is 0 Å². The van der Waals surface area contributed by atoms with E-state index in [0.29, 0.717) is 25.2 Å². The predicted octanol–water partition coefficient (Wildman–Crippen LogP) is 1.45. The fourth-order valence-electron chi connectivity index (χ4n) is 3.36. The second-order valence-electron chi connectivity index (χ2n) is 6.62. The molecule has 0 aromatic carbocycles. The SMILES string of the molecule is CCC1CCC(NC(=O)CSC2CCS(=O)(=O)C2)(C(=O)O)CC1. The fourth-order valence-corrected chi connectivity index (χ4v) is 6.80. The number of carbonyl (C=O) groups is 2. The molecule has 1 unspecified atom stereocenters. The van der Waals surface area contributed by atoms with Crippen LogP contribution in [0.4, 0.5) is 0 Å². The van der Waals surface area contributed by atoms with Crippen molar-refractivity contribution in [3.63, 3.8) is 0 Å². The number of amides is 1. The van der Waals surface area contributed by atoms with Gasteiger partial charge in [0.2, 0.25) is 5.91 Å². The van der Waals surface area contributed by atoms with Gasteiger partial charge < -0.3 is 10.4 Å². The molecule has 6 nitrogen and oxygen atoms in total. The van der Waals surface area contributed by atoms with Crippen molar-refractivity contribution in [2.24, 2.45) is 5.92 Å². The lowest BCUT2D eigenvalue weighted by atomic mass is 9.75. The van der Waals surface area contributed by atoms with Gasteiger partial charge in [-0.2, -0.15) is 0 Å². The molecule has 0 spiro atoms. The Morgan fingerprint density at radius 1 is 1.26 bits per heavy atom. The molecular formula is C15H25NO5S2. The van der Waals surface area contributed by atoms with Crippen LogP contribution >= 0.6 is 11.8 Å². The van der Waals surface area contributed by atoms with Gasteiger partial charge in [-0.05, 0) is 38.0 Å². The zero-order valence-corrected chi connectivity index (χ0v) is 15.0. The molecule has 1 heterocycles. The van der Waals surface area contributed by atoms with Crippen molar-refractivity contribution < 1.29 is 23.1 Å². The molecule has 2 rings (SSSR count). The Bertz CT molecular complexity index is 552. The Morgan fingerprint density at radius 2 is 1.91 bits per heavy atom. The Morgan fingerprint density at radius 3 is 2.39 bits per heavy atom. The van der Waals surface area contributed by atoms with Crippen molar-refractivity contribution in [1.29, 1.82) is 0 Å². The van der Waals surface area contributed by atoms with Gasteiger partial charge in [0, 0.05) is 5.25 Å². The van der Waals surface area contributed by atoms with E-state index in [1.807, 2.05) is 0 Å². The van der Waals surface area contributed by atoms with Gasteiger partial charge in [0.1, 0.15) is 5.54 Å². The molecule has 1 saturated carbocycles. The molecule has 0 aromatic heterocycles. The van der Waals surface area contributed by atoms with E-state index in [-0.39, 0.29) is 28.4 Å². The van der Waals surface area contributed by atoms with Gasteiger partial charge in [-0.15, -0.1) is 11.8 Å². The van der Waals surface area contributed by atoms with E-state index < -0.39 is 21.3 Å². The summed E-state index contributed by atoms with van der Waals surface area (Å²) in [6, 6.07) is 0. The van der Waals surface area contributed by atoms with Crippen LogP contribution < -0.4 is 5.32 Å². The van der Waals surface area contributed by atoms with E-state index in [0.717, 1.165) is 19.3 Å². The minimum Gasteiger partial charge on any atom is -0.480 e. The molecule has 2 N–H and O–H groups in total. The maximum atomic E-state index is 12.1. The number of aliphatic carboxylic acids is 1. The summed E-state index contributed by atoms with van der Waals surface area (Å²) in [5.41, 5.74) is -1.15. The zero-order chi connectivity index (χ0) is 17.1. The van der Waals surface area contributed by atoms with Gasteiger partial charge >= 0.3 is 5.97 Å². The maximum absolute atomic E-state index is 12.1. The first-order valence-electron chi connectivity index (χ1n) is 8.13. The molecule has 132 valence electrons. The lowest BCUT2D eigenvalue weighted by Crippen LogP contribution is -2.56. The standard InChI is InChI=1S/C15H25NO5S2/c1-2-11-3-6-15(7-4-11,14(18)19)16-13(17)9-22-12-5-8-23(20,21)10-12/h11-12H,2-10H2,1H3,(H,16,17)(H,18,19). The second-order valence-corrected chi connectivity index (χ2v) is 10.1. The molecule has 1 aliphatic carbocycles. The van der Waals surface area contributed by atoms with Gasteiger partial charge in [-0.3, -0.25) is 4.79 Å². The summed E-state index contributed by atoms with van der Waals surface area (Å²) in [6.45, 7) is 2.10. The molecule has 1 aliphatic heterocycles. The largest absolute Gasteiger partial charge is 0.480 e.